The van der Waals surface area contributed by atoms with Gasteiger partial charge in [0.05, 0.1) is 30.5 Å². The number of hydrogen-bond acceptors (Lipinski definition) is 4. The highest BCUT2D eigenvalue weighted by atomic mass is 127. The lowest BCUT2D eigenvalue weighted by Crippen LogP contribution is -2.40. The molecule has 0 radical (unpaired) electrons. The van der Waals surface area contributed by atoms with Gasteiger partial charge in [0.1, 0.15) is 0 Å². The molecule has 1 heterocycles. The van der Waals surface area contributed by atoms with Crippen molar-refractivity contribution >= 4 is 28.5 Å². The lowest BCUT2D eigenvalue weighted by atomic mass is 10.1. The SMILES string of the molecule is CCOc1c(I)cc(C(=O)N2CCOCC2)cc1OC. The Bertz CT molecular complexity index is 486. The molecule has 0 spiro atoms. The first-order valence-electron chi connectivity index (χ1n) is 6.54. The van der Waals surface area contributed by atoms with Gasteiger partial charge in [-0.25, -0.2) is 0 Å². The summed E-state index contributed by atoms with van der Waals surface area (Å²) in [6.07, 6.45) is 0. The summed E-state index contributed by atoms with van der Waals surface area (Å²) in [6.45, 7) is 4.93. The molecule has 0 bridgehead atoms. The third-order valence-corrected chi connectivity index (χ3v) is 3.86. The van der Waals surface area contributed by atoms with E-state index in [1.54, 1.807) is 18.1 Å². The largest absolute Gasteiger partial charge is 0.493 e. The van der Waals surface area contributed by atoms with Crippen LogP contribution in [0.15, 0.2) is 12.1 Å². The molecule has 1 aromatic carbocycles. The first-order valence-corrected chi connectivity index (χ1v) is 7.62. The van der Waals surface area contributed by atoms with Gasteiger partial charge < -0.3 is 19.1 Å². The van der Waals surface area contributed by atoms with Crippen molar-refractivity contribution in [3.8, 4) is 11.5 Å². The van der Waals surface area contributed by atoms with Gasteiger partial charge >= 0.3 is 0 Å². The molecule has 0 saturated carbocycles. The highest BCUT2D eigenvalue weighted by molar-refractivity contribution is 14.1. The highest BCUT2D eigenvalue weighted by Gasteiger charge is 2.21. The standard InChI is InChI=1S/C14H18INO4/c1-3-20-13-11(15)8-10(9-12(13)18-2)14(17)16-4-6-19-7-5-16/h8-9H,3-7H2,1-2H3. The molecule has 0 N–H and O–H groups in total. The molecule has 20 heavy (non-hydrogen) atoms. The van der Waals surface area contributed by atoms with E-state index in [1.807, 2.05) is 13.0 Å². The maximum absolute atomic E-state index is 12.5. The first-order chi connectivity index (χ1) is 9.67. The Labute approximate surface area is 132 Å². The number of benzene rings is 1. The van der Waals surface area contributed by atoms with E-state index >= 15 is 0 Å². The van der Waals surface area contributed by atoms with E-state index in [-0.39, 0.29) is 5.91 Å². The van der Waals surface area contributed by atoms with Gasteiger partial charge in [0.25, 0.3) is 5.91 Å². The Morgan fingerprint density at radius 2 is 2.10 bits per heavy atom. The Hall–Kier alpha value is -1.02. The molecule has 0 aromatic heterocycles. The van der Waals surface area contributed by atoms with Gasteiger partial charge in [-0.05, 0) is 41.6 Å². The van der Waals surface area contributed by atoms with E-state index in [1.165, 1.54) is 0 Å². The zero-order valence-electron chi connectivity index (χ0n) is 11.6. The van der Waals surface area contributed by atoms with Gasteiger partial charge in [-0.1, -0.05) is 0 Å². The van der Waals surface area contributed by atoms with Crippen molar-refractivity contribution in [1.29, 1.82) is 0 Å². The number of amides is 1. The second-order valence-electron chi connectivity index (χ2n) is 4.33. The molecule has 2 rings (SSSR count). The molecule has 1 amide bonds. The third-order valence-electron chi connectivity index (χ3n) is 3.06. The third kappa shape index (κ3) is 3.35. The van der Waals surface area contributed by atoms with Crippen LogP contribution in [0.2, 0.25) is 0 Å². The lowest BCUT2D eigenvalue weighted by Gasteiger charge is -2.27. The van der Waals surface area contributed by atoms with Gasteiger partial charge in [-0.2, -0.15) is 0 Å². The fourth-order valence-electron chi connectivity index (χ4n) is 2.08. The molecule has 1 aromatic rings. The number of halogens is 1. The van der Waals surface area contributed by atoms with Crippen LogP contribution in [0.1, 0.15) is 17.3 Å². The Balaban J connectivity index is 2.27. The summed E-state index contributed by atoms with van der Waals surface area (Å²) in [5, 5.41) is 0. The number of carbonyl (C=O) groups is 1. The summed E-state index contributed by atoms with van der Waals surface area (Å²) in [6, 6.07) is 3.58. The maximum atomic E-state index is 12.5. The van der Waals surface area contributed by atoms with Crippen molar-refractivity contribution in [2.24, 2.45) is 0 Å². The van der Waals surface area contributed by atoms with Crippen LogP contribution in [-0.2, 0) is 4.74 Å². The van der Waals surface area contributed by atoms with E-state index in [2.05, 4.69) is 22.6 Å². The van der Waals surface area contributed by atoms with Crippen LogP contribution in [0.3, 0.4) is 0 Å². The van der Waals surface area contributed by atoms with E-state index in [0.29, 0.717) is 50.0 Å². The minimum atomic E-state index is 0.00700. The summed E-state index contributed by atoms with van der Waals surface area (Å²) < 4.78 is 17.0. The Morgan fingerprint density at radius 3 is 2.70 bits per heavy atom. The van der Waals surface area contributed by atoms with Crippen LogP contribution in [0.25, 0.3) is 0 Å². The van der Waals surface area contributed by atoms with Crippen molar-refractivity contribution in [3.63, 3.8) is 0 Å². The second-order valence-corrected chi connectivity index (χ2v) is 5.49. The van der Waals surface area contributed by atoms with Crippen molar-refractivity contribution in [2.45, 2.75) is 6.92 Å². The molecular weight excluding hydrogens is 373 g/mol. The number of hydrogen-bond donors (Lipinski definition) is 0. The molecule has 1 fully saturated rings. The molecular formula is C14H18INO4. The van der Waals surface area contributed by atoms with E-state index in [9.17, 15) is 4.79 Å². The molecule has 5 nitrogen and oxygen atoms in total. The fraction of sp³-hybridized carbons (Fsp3) is 0.500. The number of carbonyl (C=O) groups excluding carboxylic acids is 1. The second kappa shape index (κ2) is 7.12. The number of rotatable bonds is 4. The minimum absolute atomic E-state index is 0.00700. The normalized spacial score (nSPS) is 15.1. The quantitative estimate of drug-likeness (QED) is 0.739. The number of morpholine rings is 1. The Kier molecular flexibility index (Phi) is 5.47. The highest BCUT2D eigenvalue weighted by Crippen LogP contribution is 2.34. The van der Waals surface area contributed by atoms with Crippen LogP contribution < -0.4 is 9.47 Å². The maximum Gasteiger partial charge on any atom is 0.254 e. The number of nitrogens with zero attached hydrogens (tertiary/aromatic N) is 1. The van der Waals surface area contributed by atoms with Crippen LogP contribution in [0.5, 0.6) is 11.5 Å². The molecule has 0 unspecified atom stereocenters. The zero-order valence-corrected chi connectivity index (χ0v) is 13.8. The smallest absolute Gasteiger partial charge is 0.254 e. The van der Waals surface area contributed by atoms with Gasteiger partial charge in [0, 0.05) is 18.7 Å². The summed E-state index contributed by atoms with van der Waals surface area (Å²) in [4.78, 5) is 14.3. The fourth-order valence-corrected chi connectivity index (χ4v) is 2.83. The van der Waals surface area contributed by atoms with Crippen LogP contribution in [0.4, 0.5) is 0 Å². The van der Waals surface area contributed by atoms with Gasteiger partial charge in [-0.15, -0.1) is 0 Å². The first kappa shape index (κ1) is 15.4. The lowest BCUT2D eigenvalue weighted by molar-refractivity contribution is 0.0302. The molecule has 0 aliphatic carbocycles. The molecule has 6 heteroatoms. The predicted molar refractivity (Wildman–Crippen MR) is 83.6 cm³/mol. The van der Waals surface area contributed by atoms with E-state index in [0.717, 1.165) is 3.57 Å². The van der Waals surface area contributed by atoms with Crippen molar-refractivity contribution in [2.75, 3.05) is 40.0 Å². The van der Waals surface area contributed by atoms with Gasteiger partial charge in [0.2, 0.25) is 0 Å². The summed E-state index contributed by atoms with van der Waals surface area (Å²) in [5.41, 5.74) is 0.622. The van der Waals surface area contributed by atoms with Crippen LogP contribution in [0, 0.1) is 3.57 Å². The van der Waals surface area contributed by atoms with Crippen molar-refractivity contribution < 1.29 is 19.0 Å². The summed E-state index contributed by atoms with van der Waals surface area (Å²) in [7, 11) is 1.58. The predicted octanol–water partition coefficient (Wildman–Crippen LogP) is 2.17. The molecule has 110 valence electrons. The van der Waals surface area contributed by atoms with E-state index < -0.39 is 0 Å². The van der Waals surface area contributed by atoms with Crippen LogP contribution in [-0.4, -0.2) is 50.8 Å². The molecule has 1 aliphatic heterocycles. The molecule has 0 atom stereocenters. The molecule has 1 saturated heterocycles. The van der Waals surface area contributed by atoms with Gasteiger partial charge in [-0.3, -0.25) is 4.79 Å². The topological polar surface area (TPSA) is 48.0 Å². The average Bonchev–Trinajstić information content (AvgIpc) is 2.49. The van der Waals surface area contributed by atoms with Crippen molar-refractivity contribution in [3.05, 3.63) is 21.3 Å². The zero-order chi connectivity index (χ0) is 14.5. The number of ether oxygens (including phenoxy) is 3. The van der Waals surface area contributed by atoms with Crippen LogP contribution >= 0.6 is 22.6 Å². The molecule has 1 aliphatic rings. The van der Waals surface area contributed by atoms with Crippen molar-refractivity contribution in [1.82, 2.24) is 4.90 Å². The van der Waals surface area contributed by atoms with E-state index in [4.69, 9.17) is 14.2 Å². The minimum Gasteiger partial charge on any atom is -0.493 e. The summed E-state index contributed by atoms with van der Waals surface area (Å²) in [5.74, 6) is 1.29. The van der Waals surface area contributed by atoms with Gasteiger partial charge in [0.15, 0.2) is 11.5 Å². The average molecular weight is 391 g/mol. The summed E-state index contributed by atoms with van der Waals surface area (Å²) >= 11 is 2.16. The monoisotopic (exact) mass is 391 g/mol. The Morgan fingerprint density at radius 1 is 1.40 bits per heavy atom. The number of methoxy groups -OCH3 is 1.